The molecule has 2 aromatic heterocycles. The van der Waals surface area contributed by atoms with E-state index in [0.717, 1.165) is 29.8 Å². The van der Waals surface area contributed by atoms with Crippen LogP contribution in [0.25, 0.3) is 11.1 Å². The lowest BCUT2D eigenvalue weighted by Gasteiger charge is -2.33. The number of hydrogen-bond acceptors (Lipinski definition) is 7. The minimum atomic E-state index is -4.24. The van der Waals surface area contributed by atoms with Crippen molar-refractivity contribution in [2.24, 2.45) is 5.92 Å². The van der Waals surface area contributed by atoms with Crippen LogP contribution in [0, 0.1) is 5.92 Å². The Labute approximate surface area is 229 Å². The zero-order chi connectivity index (χ0) is 27.6. The van der Waals surface area contributed by atoms with E-state index in [1.165, 1.54) is 6.07 Å². The van der Waals surface area contributed by atoms with Gasteiger partial charge >= 0.3 is 0 Å². The molecule has 1 atom stereocenters. The standard InChI is InChI=1S/C30H31N5O3S/c1-21-19-30(2,3)35(20-21)28-25(11-8-18-31-28)29(36)34-39(37,38)27-13-7-12-26(33-27)32-24-16-14-23(15-17-24)22-9-5-4-6-10-22/h4-18,21H,19-20H2,1-3H3,(H,32,33)(H,34,36). The summed E-state index contributed by atoms with van der Waals surface area (Å²) in [5.41, 5.74) is 2.92. The first kappa shape index (κ1) is 26.4. The topological polar surface area (TPSA) is 104 Å². The fourth-order valence-corrected chi connectivity index (χ4v) is 6.07. The van der Waals surface area contributed by atoms with Gasteiger partial charge in [-0.1, -0.05) is 55.5 Å². The van der Waals surface area contributed by atoms with Crippen molar-refractivity contribution in [2.75, 3.05) is 16.8 Å². The molecule has 1 saturated heterocycles. The van der Waals surface area contributed by atoms with Crippen LogP contribution >= 0.6 is 0 Å². The molecule has 5 rings (SSSR count). The Balaban J connectivity index is 1.33. The minimum Gasteiger partial charge on any atom is -0.351 e. The van der Waals surface area contributed by atoms with E-state index < -0.39 is 15.9 Å². The third kappa shape index (κ3) is 5.78. The quantitative estimate of drug-likeness (QED) is 0.312. The van der Waals surface area contributed by atoms with E-state index in [0.29, 0.717) is 17.6 Å². The lowest BCUT2D eigenvalue weighted by atomic mass is 9.97. The molecule has 8 nitrogen and oxygen atoms in total. The van der Waals surface area contributed by atoms with Gasteiger partial charge in [0.15, 0.2) is 5.03 Å². The molecule has 200 valence electrons. The normalized spacial score (nSPS) is 16.6. The number of rotatable bonds is 7. The highest BCUT2D eigenvalue weighted by atomic mass is 32.2. The van der Waals surface area contributed by atoms with E-state index in [9.17, 15) is 13.2 Å². The number of anilines is 3. The number of aromatic nitrogens is 2. The third-order valence-corrected chi connectivity index (χ3v) is 8.08. The molecule has 2 N–H and O–H groups in total. The largest absolute Gasteiger partial charge is 0.351 e. The summed E-state index contributed by atoms with van der Waals surface area (Å²) in [6, 6.07) is 25.6. The molecule has 1 aliphatic heterocycles. The molecule has 1 unspecified atom stereocenters. The second-order valence-electron chi connectivity index (χ2n) is 10.5. The van der Waals surface area contributed by atoms with Gasteiger partial charge in [-0.3, -0.25) is 4.79 Å². The van der Waals surface area contributed by atoms with Crippen LogP contribution in [-0.4, -0.2) is 36.4 Å². The Morgan fingerprint density at radius 1 is 0.923 bits per heavy atom. The summed E-state index contributed by atoms with van der Waals surface area (Å²) in [6.07, 6.45) is 2.56. The summed E-state index contributed by atoms with van der Waals surface area (Å²) in [4.78, 5) is 24.0. The van der Waals surface area contributed by atoms with Gasteiger partial charge in [0.2, 0.25) is 0 Å². The van der Waals surface area contributed by atoms with Crippen molar-refractivity contribution in [1.29, 1.82) is 0 Å². The van der Waals surface area contributed by atoms with E-state index in [4.69, 9.17) is 0 Å². The van der Waals surface area contributed by atoms with Gasteiger partial charge in [-0.2, -0.15) is 8.42 Å². The number of amides is 1. The average molecular weight is 542 g/mol. The maximum atomic E-state index is 13.2. The van der Waals surface area contributed by atoms with Crippen molar-refractivity contribution in [2.45, 2.75) is 37.8 Å². The first-order valence-electron chi connectivity index (χ1n) is 12.8. The summed E-state index contributed by atoms with van der Waals surface area (Å²) in [6.45, 7) is 7.08. The van der Waals surface area contributed by atoms with Crippen molar-refractivity contribution in [3.05, 3.63) is 96.7 Å². The Morgan fingerprint density at radius 2 is 1.64 bits per heavy atom. The number of pyridine rings is 2. The van der Waals surface area contributed by atoms with Gasteiger partial charge in [-0.15, -0.1) is 0 Å². The highest BCUT2D eigenvalue weighted by molar-refractivity contribution is 7.90. The van der Waals surface area contributed by atoms with E-state index >= 15 is 0 Å². The number of nitrogens with one attached hydrogen (secondary N) is 2. The summed E-state index contributed by atoms with van der Waals surface area (Å²) in [5.74, 6) is 0.496. The van der Waals surface area contributed by atoms with E-state index in [-0.39, 0.29) is 16.1 Å². The average Bonchev–Trinajstić information content (AvgIpc) is 3.21. The Hall–Kier alpha value is -4.24. The summed E-state index contributed by atoms with van der Waals surface area (Å²) < 4.78 is 28.5. The predicted molar refractivity (Wildman–Crippen MR) is 153 cm³/mol. The van der Waals surface area contributed by atoms with Crippen LogP contribution in [-0.2, 0) is 10.0 Å². The zero-order valence-corrected chi connectivity index (χ0v) is 22.9. The Morgan fingerprint density at radius 3 is 2.33 bits per heavy atom. The molecular formula is C30H31N5O3S. The van der Waals surface area contributed by atoms with Crippen LogP contribution in [0.15, 0.2) is 96.2 Å². The molecule has 1 fully saturated rings. The van der Waals surface area contributed by atoms with Crippen molar-refractivity contribution < 1.29 is 13.2 Å². The fourth-order valence-electron chi connectivity index (χ4n) is 5.14. The number of nitrogens with zero attached hydrogens (tertiary/aromatic N) is 3. The van der Waals surface area contributed by atoms with Gasteiger partial charge in [0.05, 0.1) is 5.56 Å². The molecule has 0 aliphatic carbocycles. The smallest absolute Gasteiger partial charge is 0.281 e. The van der Waals surface area contributed by atoms with Crippen LogP contribution in [0.1, 0.15) is 37.6 Å². The number of sulfonamides is 1. The summed E-state index contributed by atoms with van der Waals surface area (Å²) in [7, 11) is -4.24. The molecule has 2 aromatic carbocycles. The van der Waals surface area contributed by atoms with Gasteiger partial charge in [0, 0.05) is 24.0 Å². The van der Waals surface area contributed by atoms with E-state index in [1.54, 1.807) is 30.5 Å². The number of hydrogen-bond donors (Lipinski definition) is 2. The molecule has 0 radical (unpaired) electrons. The molecule has 1 amide bonds. The second-order valence-corrected chi connectivity index (χ2v) is 12.1. The SMILES string of the molecule is CC1CN(c2ncccc2C(=O)NS(=O)(=O)c2cccc(Nc3ccc(-c4ccccc4)cc3)n2)C(C)(C)C1. The first-order chi connectivity index (χ1) is 18.6. The van der Waals surface area contributed by atoms with Gasteiger partial charge in [0.25, 0.3) is 15.9 Å². The zero-order valence-electron chi connectivity index (χ0n) is 22.1. The minimum absolute atomic E-state index is 0.205. The summed E-state index contributed by atoms with van der Waals surface area (Å²) >= 11 is 0. The van der Waals surface area contributed by atoms with Crippen LogP contribution in [0.5, 0.6) is 0 Å². The van der Waals surface area contributed by atoms with Crippen molar-refractivity contribution in [3.8, 4) is 11.1 Å². The van der Waals surface area contributed by atoms with Crippen LogP contribution in [0.4, 0.5) is 17.3 Å². The van der Waals surface area contributed by atoms with Gasteiger partial charge in [-0.25, -0.2) is 14.7 Å². The molecular weight excluding hydrogens is 510 g/mol. The Bertz CT molecular complexity index is 1590. The second kappa shape index (κ2) is 10.5. The number of benzene rings is 2. The van der Waals surface area contributed by atoms with Crippen molar-refractivity contribution in [1.82, 2.24) is 14.7 Å². The maximum Gasteiger partial charge on any atom is 0.281 e. The van der Waals surface area contributed by atoms with E-state index in [1.807, 2.05) is 54.6 Å². The molecule has 0 spiro atoms. The van der Waals surface area contributed by atoms with Crippen molar-refractivity contribution in [3.63, 3.8) is 0 Å². The third-order valence-electron chi connectivity index (χ3n) is 6.85. The fraction of sp³-hybridized carbons (Fsp3) is 0.233. The van der Waals surface area contributed by atoms with Gasteiger partial charge in [0.1, 0.15) is 11.6 Å². The molecule has 9 heteroatoms. The van der Waals surface area contributed by atoms with Crippen LogP contribution in [0.3, 0.4) is 0 Å². The van der Waals surface area contributed by atoms with Gasteiger partial charge in [-0.05, 0) is 73.7 Å². The number of carbonyl (C=O) groups is 1. The van der Waals surface area contributed by atoms with Crippen LogP contribution < -0.4 is 14.9 Å². The summed E-state index contributed by atoms with van der Waals surface area (Å²) in [5, 5.41) is 2.87. The molecule has 0 saturated carbocycles. The molecule has 1 aliphatic rings. The molecule has 0 bridgehead atoms. The number of carbonyl (C=O) groups excluding carboxylic acids is 1. The lowest BCUT2D eigenvalue weighted by molar-refractivity contribution is 0.0981. The highest BCUT2D eigenvalue weighted by Crippen LogP contribution is 2.37. The monoisotopic (exact) mass is 541 g/mol. The van der Waals surface area contributed by atoms with Crippen molar-refractivity contribution >= 4 is 33.3 Å². The van der Waals surface area contributed by atoms with E-state index in [2.05, 4.69) is 45.7 Å². The Kier molecular flexibility index (Phi) is 7.10. The van der Waals surface area contributed by atoms with Crippen LogP contribution in [0.2, 0.25) is 0 Å². The lowest BCUT2D eigenvalue weighted by Crippen LogP contribution is -2.41. The first-order valence-corrected chi connectivity index (χ1v) is 14.3. The highest BCUT2D eigenvalue weighted by Gasteiger charge is 2.39. The maximum absolute atomic E-state index is 13.2. The molecule has 3 heterocycles. The van der Waals surface area contributed by atoms with Gasteiger partial charge < -0.3 is 10.2 Å². The molecule has 4 aromatic rings. The predicted octanol–water partition coefficient (Wildman–Crippen LogP) is 5.63. The molecule has 39 heavy (non-hydrogen) atoms.